The summed E-state index contributed by atoms with van der Waals surface area (Å²) in [5.41, 5.74) is 0.0235. The van der Waals surface area contributed by atoms with Crippen molar-refractivity contribution in [2.45, 2.75) is 77.8 Å². The molecule has 6 nitrogen and oxygen atoms in total. The van der Waals surface area contributed by atoms with E-state index in [1.54, 1.807) is 4.90 Å². The smallest absolute Gasteiger partial charge is 0.416 e. The third-order valence-corrected chi connectivity index (χ3v) is 8.57. The summed E-state index contributed by atoms with van der Waals surface area (Å²) in [5, 5.41) is 9.12. The van der Waals surface area contributed by atoms with Gasteiger partial charge in [0, 0.05) is 37.9 Å². The van der Waals surface area contributed by atoms with Crippen molar-refractivity contribution >= 4 is 29.4 Å². The van der Waals surface area contributed by atoms with Crippen LogP contribution < -0.4 is 0 Å². The van der Waals surface area contributed by atoms with E-state index in [2.05, 4.69) is 0 Å². The van der Waals surface area contributed by atoms with Crippen molar-refractivity contribution in [3.63, 3.8) is 0 Å². The topological polar surface area (TPSA) is 77.9 Å². The van der Waals surface area contributed by atoms with Crippen LogP contribution in [0.15, 0.2) is 42.5 Å². The van der Waals surface area contributed by atoms with Gasteiger partial charge in [-0.2, -0.15) is 13.2 Å². The van der Waals surface area contributed by atoms with Gasteiger partial charge in [0.2, 0.25) is 11.8 Å². The highest BCUT2D eigenvalue weighted by Crippen LogP contribution is 2.44. The van der Waals surface area contributed by atoms with E-state index in [0.717, 1.165) is 6.07 Å². The lowest BCUT2D eigenvalue weighted by Gasteiger charge is -2.34. The number of halogens is 4. The molecule has 3 unspecified atom stereocenters. The minimum atomic E-state index is -4.54. The summed E-state index contributed by atoms with van der Waals surface area (Å²) >= 11 is 5.71. The van der Waals surface area contributed by atoms with E-state index in [1.807, 2.05) is 52.0 Å². The van der Waals surface area contributed by atoms with Crippen LogP contribution in [0.1, 0.15) is 88.3 Å². The van der Waals surface area contributed by atoms with Crippen LogP contribution in [0, 0.1) is 17.3 Å². The molecule has 2 aliphatic rings. The van der Waals surface area contributed by atoms with Gasteiger partial charge in [0.15, 0.2) is 0 Å². The number of fused-ring (bicyclic) bond motifs is 1. The summed E-state index contributed by atoms with van der Waals surface area (Å²) in [4.78, 5) is 42.0. The largest absolute Gasteiger partial charge is 0.481 e. The maximum absolute atomic E-state index is 14.2. The van der Waals surface area contributed by atoms with Crippen LogP contribution in [0.2, 0.25) is 0 Å². The number of likely N-dealkylation sites (tertiary alicyclic amines) is 1. The summed E-state index contributed by atoms with van der Waals surface area (Å²) in [6.07, 6.45) is 5.33. The van der Waals surface area contributed by atoms with Crippen LogP contribution in [0.5, 0.6) is 0 Å². The van der Waals surface area contributed by atoms with Crippen LogP contribution in [0.4, 0.5) is 13.2 Å². The number of piperidine rings is 1. The van der Waals surface area contributed by atoms with Gasteiger partial charge in [0.05, 0.1) is 18.0 Å². The highest BCUT2D eigenvalue weighted by molar-refractivity contribution is 6.18. The Morgan fingerprint density at radius 1 is 1.09 bits per heavy atom. The molecule has 2 amide bonds. The molecular weight excluding hydrogens is 581 g/mol. The molecule has 2 aliphatic heterocycles. The molecule has 0 saturated carbocycles. The van der Waals surface area contributed by atoms with E-state index >= 15 is 0 Å². The molecule has 0 bridgehead atoms. The predicted octanol–water partition coefficient (Wildman–Crippen LogP) is 7.24. The summed E-state index contributed by atoms with van der Waals surface area (Å²) in [6.45, 7) is 8.66. The van der Waals surface area contributed by atoms with Crippen LogP contribution >= 0.6 is 11.6 Å². The van der Waals surface area contributed by atoms with E-state index in [0.29, 0.717) is 55.8 Å². The molecule has 238 valence electrons. The molecule has 2 heterocycles. The molecule has 0 aromatic heterocycles. The van der Waals surface area contributed by atoms with E-state index in [9.17, 15) is 27.6 Å². The number of amides is 2. The van der Waals surface area contributed by atoms with Crippen LogP contribution in [0.25, 0.3) is 0 Å². The second-order valence-corrected chi connectivity index (χ2v) is 13.4. The Kier molecular flexibility index (Phi) is 11.9. The average Bonchev–Trinajstić information content (AvgIpc) is 3.02. The zero-order valence-electron chi connectivity index (χ0n) is 25.5. The molecular formula is C33H44ClF3N2O4. The number of aliphatic carboxylic acids is 1. The van der Waals surface area contributed by atoms with E-state index in [1.165, 1.54) is 17.0 Å². The second kappa shape index (κ2) is 14.8. The number of benzene rings is 1. The normalized spacial score (nSPS) is 21.3. The number of carboxylic acids is 1. The van der Waals surface area contributed by atoms with Crippen molar-refractivity contribution < 1.29 is 32.7 Å². The number of allylic oxidation sites excluding steroid dienone is 4. The third-order valence-electron chi connectivity index (χ3n) is 8.39. The standard InChI is InChI=1S/C33H44ClF3N2O4/c1-22(9-7-5-6-8-14-34)28-20-39(21-29(40)38-15-12-23(13-16-38)17-30(41)42)31(43)27(19-32(2,3)4)25-11-10-24(18-26(25)28)33(35,36)37/h6-11,18,22-23,27-28H,5,12-17,19-21H2,1-4H3,(H,41,42)/b8-6-,9-7-. The first-order valence-corrected chi connectivity index (χ1v) is 15.5. The Morgan fingerprint density at radius 3 is 2.35 bits per heavy atom. The lowest BCUT2D eigenvalue weighted by Crippen LogP contribution is -2.47. The zero-order chi connectivity index (χ0) is 31.9. The van der Waals surface area contributed by atoms with E-state index in [4.69, 9.17) is 16.7 Å². The number of hydrogen-bond donors (Lipinski definition) is 1. The molecule has 1 aromatic carbocycles. The number of alkyl halides is 4. The van der Waals surface area contributed by atoms with Gasteiger partial charge in [-0.25, -0.2) is 0 Å². The highest BCUT2D eigenvalue weighted by Gasteiger charge is 2.41. The van der Waals surface area contributed by atoms with Crippen molar-refractivity contribution in [3.8, 4) is 0 Å². The molecule has 10 heteroatoms. The van der Waals surface area contributed by atoms with Crippen molar-refractivity contribution in [2.24, 2.45) is 17.3 Å². The first-order chi connectivity index (χ1) is 20.1. The summed E-state index contributed by atoms with van der Waals surface area (Å²) in [7, 11) is 0. The minimum absolute atomic E-state index is 0.00570. The Morgan fingerprint density at radius 2 is 1.77 bits per heavy atom. The summed E-state index contributed by atoms with van der Waals surface area (Å²) in [6, 6.07) is 3.70. The number of carboxylic acid groups (broad SMARTS) is 1. The number of carbonyl (C=O) groups excluding carboxylic acids is 2. The summed E-state index contributed by atoms with van der Waals surface area (Å²) < 4.78 is 41.7. The lowest BCUT2D eigenvalue weighted by molar-refractivity contribution is -0.143. The molecule has 43 heavy (non-hydrogen) atoms. The molecule has 3 atom stereocenters. The third kappa shape index (κ3) is 9.85. The maximum atomic E-state index is 14.2. The number of hydrogen-bond acceptors (Lipinski definition) is 3. The molecule has 1 fully saturated rings. The van der Waals surface area contributed by atoms with Gasteiger partial charge in [-0.1, -0.05) is 58.1 Å². The minimum Gasteiger partial charge on any atom is -0.481 e. The van der Waals surface area contributed by atoms with Gasteiger partial charge in [-0.3, -0.25) is 14.4 Å². The van der Waals surface area contributed by atoms with Crippen molar-refractivity contribution in [3.05, 3.63) is 59.2 Å². The van der Waals surface area contributed by atoms with Gasteiger partial charge < -0.3 is 14.9 Å². The molecule has 0 radical (unpaired) electrons. The van der Waals surface area contributed by atoms with Crippen molar-refractivity contribution in [1.29, 1.82) is 0 Å². The highest BCUT2D eigenvalue weighted by atomic mass is 35.5. The van der Waals surface area contributed by atoms with E-state index < -0.39 is 29.5 Å². The Hall–Kier alpha value is -2.81. The average molecular weight is 625 g/mol. The maximum Gasteiger partial charge on any atom is 0.416 e. The molecule has 1 N–H and O–H groups in total. The zero-order valence-corrected chi connectivity index (χ0v) is 26.3. The quantitative estimate of drug-likeness (QED) is 0.220. The van der Waals surface area contributed by atoms with Gasteiger partial charge in [0.25, 0.3) is 0 Å². The Labute approximate surface area is 257 Å². The van der Waals surface area contributed by atoms with Crippen LogP contribution in [-0.4, -0.2) is 64.7 Å². The van der Waals surface area contributed by atoms with Gasteiger partial charge in [-0.05, 0) is 66.2 Å². The van der Waals surface area contributed by atoms with E-state index in [-0.39, 0.29) is 48.6 Å². The monoisotopic (exact) mass is 624 g/mol. The first kappa shape index (κ1) is 34.7. The van der Waals surface area contributed by atoms with Crippen molar-refractivity contribution in [1.82, 2.24) is 9.80 Å². The number of nitrogens with zero attached hydrogens (tertiary/aromatic N) is 2. The molecule has 0 spiro atoms. The van der Waals surface area contributed by atoms with Gasteiger partial charge in [0.1, 0.15) is 0 Å². The Balaban J connectivity index is 1.99. The van der Waals surface area contributed by atoms with Gasteiger partial charge in [-0.15, -0.1) is 11.6 Å². The second-order valence-electron chi connectivity index (χ2n) is 13.1. The van der Waals surface area contributed by atoms with Crippen LogP contribution in [-0.2, 0) is 20.6 Å². The fraction of sp³-hybridized carbons (Fsp3) is 0.606. The molecule has 1 saturated heterocycles. The molecule has 3 rings (SSSR count). The summed E-state index contributed by atoms with van der Waals surface area (Å²) in [5.74, 6) is -2.34. The first-order valence-electron chi connectivity index (χ1n) is 15.0. The Bertz CT molecular complexity index is 1200. The lowest BCUT2D eigenvalue weighted by atomic mass is 9.76. The van der Waals surface area contributed by atoms with Crippen molar-refractivity contribution in [2.75, 3.05) is 32.1 Å². The molecule has 0 aliphatic carbocycles. The fourth-order valence-electron chi connectivity index (χ4n) is 6.13. The number of rotatable bonds is 10. The SMILES string of the molecule is CC(/C=C\C/C=C\CCl)C1CN(CC(=O)N2CCC(CC(=O)O)CC2)C(=O)C(CC(C)(C)C)c2ccc(C(F)(F)F)cc21. The van der Waals surface area contributed by atoms with Crippen LogP contribution in [0.3, 0.4) is 0 Å². The predicted molar refractivity (Wildman–Crippen MR) is 162 cm³/mol. The molecule has 1 aromatic rings. The fourth-order valence-corrected chi connectivity index (χ4v) is 6.26. The number of carbonyl (C=O) groups is 3. The van der Waals surface area contributed by atoms with Gasteiger partial charge >= 0.3 is 12.1 Å².